The second-order valence-electron chi connectivity index (χ2n) is 9.58. The van der Waals surface area contributed by atoms with Crippen LogP contribution < -0.4 is 0 Å². The van der Waals surface area contributed by atoms with E-state index in [4.69, 9.17) is 0 Å². The van der Waals surface area contributed by atoms with Crippen molar-refractivity contribution in [1.82, 2.24) is 19.6 Å². The van der Waals surface area contributed by atoms with E-state index < -0.39 is 12.0 Å². The minimum absolute atomic E-state index is 0.0522. The molecule has 0 radical (unpaired) electrons. The van der Waals surface area contributed by atoms with Crippen molar-refractivity contribution >= 4 is 11.8 Å². The van der Waals surface area contributed by atoms with Gasteiger partial charge in [0.15, 0.2) is 0 Å². The number of likely N-dealkylation sites (N-methyl/N-ethyl adjacent to an activating group) is 3. The lowest BCUT2D eigenvalue weighted by Gasteiger charge is -2.35. The highest BCUT2D eigenvalue weighted by molar-refractivity contribution is 5.81. The van der Waals surface area contributed by atoms with Gasteiger partial charge in [-0.25, -0.2) is 0 Å². The summed E-state index contributed by atoms with van der Waals surface area (Å²) in [5.74, 6) is -0.735. The first-order valence-electron chi connectivity index (χ1n) is 12.6. The van der Waals surface area contributed by atoms with E-state index in [9.17, 15) is 14.7 Å². The molecule has 32 heavy (non-hydrogen) atoms. The summed E-state index contributed by atoms with van der Waals surface area (Å²) in [7, 11) is 2.16. The molecular weight excluding hydrogens is 404 g/mol. The summed E-state index contributed by atoms with van der Waals surface area (Å²) < 4.78 is 0. The predicted molar refractivity (Wildman–Crippen MR) is 134 cm³/mol. The van der Waals surface area contributed by atoms with Crippen LogP contribution in [0.3, 0.4) is 0 Å². The molecule has 0 aromatic carbocycles. The number of carbonyl (C=O) groups excluding carboxylic acids is 1. The average molecular weight is 457 g/mol. The SMILES string of the molecule is CCN(CC)CCN(CCN(CC)CC(C)N(C)C(C)C)C(CCC(=O)C(C)C)C(=O)O. The summed E-state index contributed by atoms with van der Waals surface area (Å²) in [6.07, 6.45) is 0.702. The smallest absolute Gasteiger partial charge is 0.320 e. The standard InChI is InChI=1S/C25H52N4O3/c1-10-27(11-2)15-17-29(23(25(31)32)13-14-24(30)20(4)5)18-16-28(12-3)19-22(8)26(9)21(6)7/h20-23H,10-19H2,1-9H3,(H,31,32). The van der Waals surface area contributed by atoms with E-state index in [0.29, 0.717) is 38.0 Å². The van der Waals surface area contributed by atoms with Gasteiger partial charge in [0.2, 0.25) is 0 Å². The zero-order chi connectivity index (χ0) is 24.8. The fourth-order valence-corrected chi connectivity index (χ4v) is 3.92. The molecule has 0 aliphatic rings. The maximum Gasteiger partial charge on any atom is 0.320 e. The molecule has 1 N–H and O–H groups in total. The Kier molecular flexibility index (Phi) is 16.0. The lowest BCUT2D eigenvalue weighted by atomic mass is 10.0. The van der Waals surface area contributed by atoms with Gasteiger partial charge in [0.25, 0.3) is 0 Å². The third-order valence-electron chi connectivity index (χ3n) is 6.81. The largest absolute Gasteiger partial charge is 0.480 e. The molecule has 7 heteroatoms. The molecule has 0 saturated heterocycles. The summed E-state index contributed by atoms with van der Waals surface area (Å²) >= 11 is 0. The highest BCUT2D eigenvalue weighted by Gasteiger charge is 2.27. The maximum absolute atomic E-state index is 12.2. The number of carboxylic acid groups (broad SMARTS) is 1. The van der Waals surface area contributed by atoms with Crippen molar-refractivity contribution < 1.29 is 14.7 Å². The molecule has 0 bridgehead atoms. The summed E-state index contributed by atoms with van der Waals surface area (Å²) in [5.41, 5.74) is 0. The van der Waals surface area contributed by atoms with Crippen LogP contribution in [-0.4, -0.2) is 114 Å². The van der Waals surface area contributed by atoms with Crippen LogP contribution in [0.15, 0.2) is 0 Å². The summed E-state index contributed by atoms with van der Waals surface area (Å²) in [4.78, 5) is 33.5. The van der Waals surface area contributed by atoms with Gasteiger partial charge in [0.05, 0.1) is 0 Å². The van der Waals surface area contributed by atoms with E-state index in [1.54, 1.807) is 0 Å². The van der Waals surface area contributed by atoms with Gasteiger partial charge in [-0.1, -0.05) is 34.6 Å². The van der Waals surface area contributed by atoms with Crippen molar-refractivity contribution in [1.29, 1.82) is 0 Å². The number of carbonyl (C=O) groups is 2. The lowest BCUT2D eigenvalue weighted by molar-refractivity contribution is -0.144. The van der Waals surface area contributed by atoms with Crippen molar-refractivity contribution in [3.05, 3.63) is 0 Å². The second kappa shape index (κ2) is 16.6. The molecule has 7 nitrogen and oxygen atoms in total. The van der Waals surface area contributed by atoms with E-state index in [1.165, 1.54) is 0 Å². The number of hydrogen-bond donors (Lipinski definition) is 1. The number of ketones is 1. The Morgan fingerprint density at radius 2 is 1.31 bits per heavy atom. The van der Waals surface area contributed by atoms with Gasteiger partial charge in [-0.2, -0.15) is 0 Å². The molecule has 0 aromatic heterocycles. The predicted octanol–water partition coefficient (Wildman–Crippen LogP) is 3.14. The monoisotopic (exact) mass is 456 g/mol. The fraction of sp³-hybridized carbons (Fsp3) is 0.920. The van der Waals surface area contributed by atoms with Gasteiger partial charge in [-0.05, 0) is 53.9 Å². The molecular formula is C25H52N4O3. The lowest BCUT2D eigenvalue weighted by Crippen LogP contribution is -2.50. The number of Topliss-reactive ketones (excluding diaryl/α,β-unsaturated/α-hetero) is 1. The first kappa shape index (κ1) is 31.0. The minimum atomic E-state index is -0.822. The van der Waals surface area contributed by atoms with Crippen LogP contribution in [0.1, 0.15) is 68.2 Å². The Morgan fingerprint density at radius 3 is 1.72 bits per heavy atom. The highest BCUT2D eigenvalue weighted by atomic mass is 16.4. The highest BCUT2D eigenvalue weighted by Crippen LogP contribution is 2.13. The first-order chi connectivity index (χ1) is 15.0. The molecule has 0 saturated carbocycles. The van der Waals surface area contributed by atoms with Crippen LogP contribution in [0.4, 0.5) is 0 Å². The van der Waals surface area contributed by atoms with E-state index in [0.717, 1.165) is 39.3 Å². The normalized spacial score (nSPS) is 14.3. The van der Waals surface area contributed by atoms with Crippen LogP contribution in [0.5, 0.6) is 0 Å². The van der Waals surface area contributed by atoms with Gasteiger partial charge in [-0.3, -0.25) is 14.5 Å². The van der Waals surface area contributed by atoms with Gasteiger partial charge in [0, 0.05) is 57.1 Å². The molecule has 0 aromatic rings. The maximum atomic E-state index is 12.2. The topological polar surface area (TPSA) is 67.3 Å². The van der Waals surface area contributed by atoms with Crippen LogP contribution in [0.25, 0.3) is 0 Å². The summed E-state index contributed by atoms with van der Waals surface area (Å²) in [5, 5.41) is 9.99. The summed E-state index contributed by atoms with van der Waals surface area (Å²) in [6.45, 7) is 23.7. The van der Waals surface area contributed by atoms with Crippen molar-refractivity contribution in [3.8, 4) is 0 Å². The van der Waals surface area contributed by atoms with Crippen molar-refractivity contribution in [2.45, 2.75) is 86.4 Å². The van der Waals surface area contributed by atoms with Crippen LogP contribution in [0, 0.1) is 5.92 Å². The van der Waals surface area contributed by atoms with E-state index in [1.807, 2.05) is 13.8 Å². The van der Waals surface area contributed by atoms with Crippen LogP contribution in [0.2, 0.25) is 0 Å². The number of rotatable bonds is 19. The van der Waals surface area contributed by atoms with Gasteiger partial charge >= 0.3 is 5.97 Å². The van der Waals surface area contributed by atoms with Gasteiger partial charge < -0.3 is 19.8 Å². The minimum Gasteiger partial charge on any atom is -0.480 e. The number of nitrogens with zero attached hydrogens (tertiary/aromatic N) is 4. The van der Waals surface area contributed by atoms with Crippen molar-refractivity contribution in [3.63, 3.8) is 0 Å². The fourth-order valence-electron chi connectivity index (χ4n) is 3.92. The summed E-state index contributed by atoms with van der Waals surface area (Å²) in [6, 6.07) is 0.296. The second-order valence-corrected chi connectivity index (χ2v) is 9.58. The zero-order valence-electron chi connectivity index (χ0n) is 22.4. The van der Waals surface area contributed by atoms with E-state index >= 15 is 0 Å². The van der Waals surface area contributed by atoms with Crippen molar-refractivity contribution in [2.75, 3.05) is 59.4 Å². The Morgan fingerprint density at radius 1 is 0.812 bits per heavy atom. The van der Waals surface area contributed by atoms with Gasteiger partial charge in [0.1, 0.15) is 11.8 Å². The number of aliphatic carboxylic acids is 1. The van der Waals surface area contributed by atoms with Gasteiger partial charge in [-0.15, -0.1) is 0 Å². The molecule has 0 heterocycles. The number of hydrogen-bond acceptors (Lipinski definition) is 6. The Hall–Kier alpha value is -1.02. The molecule has 0 aliphatic carbocycles. The number of carboxylic acids is 1. The first-order valence-corrected chi connectivity index (χ1v) is 12.6. The van der Waals surface area contributed by atoms with E-state index in [2.05, 4.69) is 68.2 Å². The molecule has 0 rings (SSSR count). The Labute approximate surface area is 198 Å². The molecule has 0 fully saturated rings. The molecule has 2 unspecified atom stereocenters. The quantitative estimate of drug-likeness (QED) is 0.320. The Balaban J connectivity index is 5.29. The zero-order valence-corrected chi connectivity index (χ0v) is 22.4. The molecule has 190 valence electrons. The molecule has 0 amide bonds. The third-order valence-corrected chi connectivity index (χ3v) is 6.81. The third kappa shape index (κ3) is 11.7. The van der Waals surface area contributed by atoms with Crippen LogP contribution >= 0.6 is 0 Å². The molecule has 0 spiro atoms. The van der Waals surface area contributed by atoms with E-state index in [-0.39, 0.29) is 11.7 Å². The van der Waals surface area contributed by atoms with Crippen LogP contribution in [-0.2, 0) is 9.59 Å². The molecule has 2 atom stereocenters. The van der Waals surface area contributed by atoms with Crippen molar-refractivity contribution in [2.24, 2.45) is 5.92 Å². The average Bonchev–Trinajstić information content (AvgIpc) is 2.74. The Bertz CT molecular complexity index is 523. The molecule has 0 aliphatic heterocycles.